The van der Waals surface area contributed by atoms with E-state index in [-0.39, 0.29) is 12.6 Å². The molecule has 0 aliphatic heterocycles. The molecule has 1 N–H and O–H groups in total. The van der Waals surface area contributed by atoms with E-state index in [0.29, 0.717) is 6.07 Å². The summed E-state index contributed by atoms with van der Waals surface area (Å²) in [4.78, 5) is 15.9. The second kappa shape index (κ2) is 7.04. The summed E-state index contributed by atoms with van der Waals surface area (Å²) in [5.41, 5.74) is -1.54. The highest BCUT2D eigenvalue weighted by Crippen LogP contribution is 2.30. The Morgan fingerprint density at radius 2 is 2.09 bits per heavy atom. The molecule has 23 heavy (non-hydrogen) atoms. The summed E-state index contributed by atoms with van der Waals surface area (Å²) < 4.78 is 45.8. The van der Waals surface area contributed by atoms with Crippen molar-refractivity contribution in [3.63, 3.8) is 0 Å². The third-order valence-corrected chi connectivity index (χ3v) is 3.41. The third-order valence-electron chi connectivity index (χ3n) is 3.06. The zero-order chi connectivity index (χ0) is 17.1. The molecule has 0 radical (unpaired) electrons. The quantitative estimate of drug-likeness (QED) is 0.220. The number of hydrogen-bond donors (Lipinski definition) is 1. The van der Waals surface area contributed by atoms with Gasteiger partial charge in [-0.15, -0.1) is 0 Å². The number of rotatable bonds is 5. The van der Waals surface area contributed by atoms with E-state index in [1.54, 1.807) is 0 Å². The number of carbonyl (C=O) groups excluding carboxylic acids is 1. The predicted molar refractivity (Wildman–Crippen MR) is 79.0 cm³/mol. The van der Waals surface area contributed by atoms with Gasteiger partial charge in [0.1, 0.15) is 28.0 Å². The Hall–Kier alpha value is -2.02. The Morgan fingerprint density at radius 1 is 1.43 bits per heavy atom. The average molecular weight is 348 g/mol. The average Bonchev–Trinajstić information content (AvgIpc) is 3.29. The molecule has 0 unspecified atom stereocenters. The highest BCUT2D eigenvalue weighted by atomic mass is 35.5. The smallest absolute Gasteiger partial charge is 0.343 e. The van der Waals surface area contributed by atoms with E-state index < -0.39 is 45.3 Å². The first-order valence-electron chi connectivity index (χ1n) is 6.83. The van der Waals surface area contributed by atoms with Gasteiger partial charge in [0.05, 0.1) is 18.2 Å². The molecule has 0 aromatic heterocycles. The molecule has 0 heterocycles. The van der Waals surface area contributed by atoms with Gasteiger partial charge in [-0.25, -0.2) is 18.0 Å². The van der Waals surface area contributed by atoms with Crippen LogP contribution in [0.2, 0.25) is 5.02 Å². The van der Waals surface area contributed by atoms with Crippen molar-refractivity contribution in [1.82, 2.24) is 0 Å². The Bertz CT molecular complexity index is 700. The first-order valence-corrected chi connectivity index (χ1v) is 7.21. The van der Waals surface area contributed by atoms with E-state index in [4.69, 9.17) is 16.3 Å². The fourth-order valence-electron chi connectivity index (χ4n) is 1.74. The monoisotopic (exact) mass is 347 g/mol. The molecule has 0 saturated heterocycles. The highest BCUT2D eigenvalue weighted by molar-refractivity contribution is 6.31. The number of benzene rings is 1. The van der Waals surface area contributed by atoms with Gasteiger partial charge >= 0.3 is 5.97 Å². The SMILES string of the molecule is CCOC(=O)/C(C=NC1CC1)=C(\O)c1c(F)cc(F)c(Cl)c1F. The Labute approximate surface area is 135 Å². The number of aliphatic hydroxyl groups is 1. The Morgan fingerprint density at radius 3 is 2.65 bits per heavy atom. The predicted octanol–water partition coefficient (Wildman–Crippen LogP) is 3.82. The summed E-state index contributed by atoms with van der Waals surface area (Å²) >= 11 is 5.38. The molecule has 4 nitrogen and oxygen atoms in total. The maximum atomic E-state index is 14.0. The number of aliphatic hydroxyl groups excluding tert-OH is 1. The van der Waals surface area contributed by atoms with Crippen LogP contribution in [0.5, 0.6) is 0 Å². The summed E-state index contributed by atoms with van der Waals surface area (Å²) in [5, 5.41) is 9.12. The third kappa shape index (κ3) is 3.85. The summed E-state index contributed by atoms with van der Waals surface area (Å²) in [7, 11) is 0. The van der Waals surface area contributed by atoms with Gasteiger partial charge in [-0.1, -0.05) is 11.6 Å². The number of carbonyl (C=O) groups is 1. The van der Waals surface area contributed by atoms with Crippen LogP contribution in [0.25, 0.3) is 5.76 Å². The molecule has 1 aliphatic carbocycles. The molecule has 1 aliphatic rings. The van der Waals surface area contributed by atoms with Crippen LogP contribution in [0, 0.1) is 17.5 Å². The topological polar surface area (TPSA) is 58.9 Å². The van der Waals surface area contributed by atoms with E-state index in [1.807, 2.05) is 0 Å². The first-order chi connectivity index (χ1) is 10.9. The van der Waals surface area contributed by atoms with Crippen molar-refractivity contribution in [2.75, 3.05) is 6.61 Å². The maximum Gasteiger partial charge on any atom is 0.343 e. The van der Waals surface area contributed by atoms with Crippen LogP contribution in [0.4, 0.5) is 13.2 Å². The van der Waals surface area contributed by atoms with Crippen molar-refractivity contribution in [3.05, 3.63) is 39.7 Å². The van der Waals surface area contributed by atoms with E-state index in [0.717, 1.165) is 19.1 Å². The molecule has 1 aromatic carbocycles. The molecule has 2 rings (SSSR count). The van der Waals surface area contributed by atoms with Gasteiger partial charge in [-0.2, -0.15) is 0 Å². The minimum absolute atomic E-state index is 0.00118. The summed E-state index contributed by atoms with van der Waals surface area (Å²) in [5.74, 6) is -6.28. The lowest BCUT2D eigenvalue weighted by molar-refractivity contribution is -0.137. The van der Waals surface area contributed by atoms with E-state index in [1.165, 1.54) is 6.92 Å². The lowest BCUT2D eigenvalue weighted by atomic mass is 10.1. The van der Waals surface area contributed by atoms with Crippen molar-refractivity contribution in [2.45, 2.75) is 25.8 Å². The van der Waals surface area contributed by atoms with Crippen LogP contribution >= 0.6 is 11.6 Å². The van der Waals surface area contributed by atoms with E-state index in [9.17, 15) is 23.1 Å². The van der Waals surface area contributed by atoms with Crippen LogP contribution in [-0.4, -0.2) is 29.9 Å². The van der Waals surface area contributed by atoms with Gasteiger partial charge in [0, 0.05) is 12.3 Å². The largest absolute Gasteiger partial charge is 0.506 e. The second-order valence-corrected chi connectivity index (χ2v) is 5.21. The van der Waals surface area contributed by atoms with Crippen LogP contribution in [0.3, 0.4) is 0 Å². The van der Waals surface area contributed by atoms with Gasteiger partial charge in [-0.3, -0.25) is 4.99 Å². The number of halogens is 4. The van der Waals surface area contributed by atoms with Gasteiger partial charge in [0.2, 0.25) is 0 Å². The van der Waals surface area contributed by atoms with Gasteiger partial charge in [-0.05, 0) is 19.8 Å². The molecule has 124 valence electrons. The number of aliphatic imine (C=N–C) groups is 1. The van der Waals surface area contributed by atoms with Crippen molar-refractivity contribution >= 4 is 29.5 Å². The normalized spacial score (nSPS) is 15.7. The Kier molecular flexibility index (Phi) is 5.30. The van der Waals surface area contributed by atoms with Crippen LogP contribution in [-0.2, 0) is 9.53 Å². The molecule has 8 heteroatoms. The number of nitrogens with zero attached hydrogens (tertiary/aromatic N) is 1. The molecule has 0 spiro atoms. The molecule has 1 fully saturated rings. The summed E-state index contributed by atoms with van der Waals surface area (Å²) in [6.45, 7) is 1.52. The Balaban J connectivity index is 2.57. The molecule has 1 saturated carbocycles. The van der Waals surface area contributed by atoms with E-state index in [2.05, 4.69) is 4.99 Å². The summed E-state index contributed by atoms with van der Waals surface area (Å²) in [6, 6.07) is 0.316. The van der Waals surface area contributed by atoms with Crippen molar-refractivity contribution < 1.29 is 27.8 Å². The molecule has 0 atom stereocenters. The standard InChI is InChI=1S/C15H13ClF3NO3/c1-2-23-15(22)8(6-20-7-3-4-7)14(21)11-9(17)5-10(18)12(16)13(11)19/h5-7,21H,2-4H2,1H3/b14-8-,20-6?. The fourth-order valence-corrected chi connectivity index (χ4v) is 1.89. The highest BCUT2D eigenvalue weighted by Gasteiger charge is 2.26. The second-order valence-electron chi connectivity index (χ2n) is 4.84. The van der Waals surface area contributed by atoms with Gasteiger partial charge in [0.25, 0.3) is 0 Å². The lowest BCUT2D eigenvalue weighted by Gasteiger charge is -2.10. The molecule has 0 amide bonds. The van der Waals surface area contributed by atoms with Crippen LogP contribution in [0.15, 0.2) is 16.6 Å². The minimum atomic E-state index is -1.51. The van der Waals surface area contributed by atoms with Crippen molar-refractivity contribution in [1.29, 1.82) is 0 Å². The zero-order valence-corrected chi connectivity index (χ0v) is 12.8. The maximum absolute atomic E-state index is 14.0. The minimum Gasteiger partial charge on any atom is -0.506 e. The van der Waals surface area contributed by atoms with Crippen molar-refractivity contribution in [2.24, 2.45) is 4.99 Å². The van der Waals surface area contributed by atoms with Crippen LogP contribution < -0.4 is 0 Å². The number of ether oxygens (including phenoxy) is 1. The fraction of sp³-hybridized carbons (Fsp3) is 0.333. The van der Waals surface area contributed by atoms with Crippen LogP contribution in [0.1, 0.15) is 25.3 Å². The number of esters is 1. The first kappa shape index (κ1) is 17.3. The zero-order valence-electron chi connectivity index (χ0n) is 12.1. The number of hydrogen-bond acceptors (Lipinski definition) is 4. The molecular formula is C15H13ClF3NO3. The van der Waals surface area contributed by atoms with E-state index >= 15 is 0 Å². The molecule has 0 bridgehead atoms. The van der Waals surface area contributed by atoms with Gasteiger partial charge in [0.15, 0.2) is 5.82 Å². The molecular weight excluding hydrogens is 335 g/mol. The summed E-state index contributed by atoms with van der Waals surface area (Å²) in [6.07, 6.45) is 2.64. The molecule has 1 aromatic rings. The van der Waals surface area contributed by atoms with Gasteiger partial charge < -0.3 is 9.84 Å². The lowest BCUT2D eigenvalue weighted by Crippen LogP contribution is -2.13. The van der Waals surface area contributed by atoms with Crippen molar-refractivity contribution in [3.8, 4) is 0 Å².